The maximum Gasteiger partial charge on any atom is 0.306 e. The number of carbonyl (C=O) groups is 1. The molecule has 0 aromatic rings. The number of allylic oxidation sites excluding steroid dienone is 4. The van der Waals surface area contributed by atoms with Gasteiger partial charge >= 0.3 is 5.97 Å². The summed E-state index contributed by atoms with van der Waals surface area (Å²) in [7, 11) is 0. The molecule has 0 aliphatic heterocycles. The summed E-state index contributed by atoms with van der Waals surface area (Å²) in [6.07, 6.45) is 58.3. The van der Waals surface area contributed by atoms with Crippen LogP contribution in [0.1, 0.15) is 258 Å². The zero-order valence-corrected chi connectivity index (χ0v) is 36.1. The van der Waals surface area contributed by atoms with Crippen molar-refractivity contribution in [2.24, 2.45) is 0 Å². The average Bonchev–Trinajstić information content (AvgIpc) is 3.16. The lowest BCUT2D eigenvalue weighted by atomic mass is 10.0. The molecule has 0 aromatic heterocycles. The highest BCUT2D eigenvalue weighted by atomic mass is 16.6. The number of hydrogen-bond donors (Lipinski definition) is 1. The van der Waals surface area contributed by atoms with E-state index in [0.717, 1.165) is 38.5 Å². The van der Waals surface area contributed by atoms with Crippen LogP contribution in [0.3, 0.4) is 0 Å². The van der Waals surface area contributed by atoms with Gasteiger partial charge in [-0.15, -0.1) is 0 Å². The highest BCUT2D eigenvalue weighted by molar-refractivity contribution is 5.69. The number of ether oxygens (including phenoxy) is 2. The van der Waals surface area contributed by atoms with Crippen molar-refractivity contribution < 1.29 is 19.4 Å². The van der Waals surface area contributed by atoms with Gasteiger partial charge in [0.25, 0.3) is 0 Å². The standard InChI is InChI=1S/C49H94O4/c1-3-5-7-9-11-13-15-17-19-21-22-23-24-25-26-27-28-29-31-33-35-37-39-41-43-45-52-47-48(46-50)53-49(51)44-42-40-38-36-34-32-30-20-18-16-14-12-10-8-6-4-2/h14,16,20,30,48,50H,3-13,15,17-19,21-29,31-47H2,1-2H3/b16-14-,30-20-. The number of carbonyl (C=O) groups excluding carboxylic acids is 1. The van der Waals surface area contributed by atoms with E-state index in [-0.39, 0.29) is 12.6 Å². The van der Waals surface area contributed by atoms with Crippen LogP contribution in [-0.2, 0) is 14.3 Å². The molecule has 0 heterocycles. The molecule has 0 spiro atoms. The molecule has 0 amide bonds. The first-order chi connectivity index (χ1) is 26.2. The van der Waals surface area contributed by atoms with E-state index in [2.05, 4.69) is 38.2 Å². The molecule has 4 heteroatoms. The predicted molar refractivity (Wildman–Crippen MR) is 233 cm³/mol. The van der Waals surface area contributed by atoms with E-state index < -0.39 is 6.10 Å². The van der Waals surface area contributed by atoms with Crippen molar-refractivity contribution in [1.29, 1.82) is 0 Å². The number of aliphatic hydroxyl groups excluding tert-OH is 1. The van der Waals surface area contributed by atoms with E-state index in [1.807, 2.05) is 0 Å². The molecule has 0 rings (SSSR count). The Kier molecular flexibility index (Phi) is 46.0. The van der Waals surface area contributed by atoms with Crippen LogP contribution in [0.4, 0.5) is 0 Å². The first-order valence-electron chi connectivity index (χ1n) is 23.9. The summed E-state index contributed by atoms with van der Waals surface area (Å²) >= 11 is 0. The Morgan fingerprint density at radius 1 is 0.453 bits per heavy atom. The van der Waals surface area contributed by atoms with Gasteiger partial charge in [0, 0.05) is 13.0 Å². The maximum atomic E-state index is 12.2. The molecule has 0 fully saturated rings. The van der Waals surface area contributed by atoms with Crippen molar-refractivity contribution in [2.45, 2.75) is 264 Å². The Labute approximate surface area is 332 Å². The second kappa shape index (κ2) is 47.0. The molecule has 0 aliphatic rings. The summed E-state index contributed by atoms with van der Waals surface area (Å²) in [5.74, 6) is -0.209. The number of esters is 1. The fourth-order valence-corrected chi connectivity index (χ4v) is 7.18. The van der Waals surface area contributed by atoms with Crippen molar-refractivity contribution >= 4 is 5.97 Å². The van der Waals surface area contributed by atoms with E-state index in [0.29, 0.717) is 19.6 Å². The van der Waals surface area contributed by atoms with Gasteiger partial charge in [-0.3, -0.25) is 4.79 Å². The van der Waals surface area contributed by atoms with Crippen LogP contribution in [0.15, 0.2) is 24.3 Å². The van der Waals surface area contributed by atoms with Crippen LogP contribution in [0, 0.1) is 0 Å². The van der Waals surface area contributed by atoms with Crippen LogP contribution in [0.25, 0.3) is 0 Å². The molecule has 0 saturated carbocycles. The van der Waals surface area contributed by atoms with Crippen molar-refractivity contribution in [2.75, 3.05) is 19.8 Å². The lowest BCUT2D eigenvalue weighted by molar-refractivity contribution is -0.154. The summed E-state index contributed by atoms with van der Waals surface area (Å²) in [6.45, 7) is 5.36. The van der Waals surface area contributed by atoms with E-state index >= 15 is 0 Å². The summed E-state index contributed by atoms with van der Waals surface area (Å²) in [5, 5.41) is 9.62. The Bertz CT molecular complexity index is 747. The van der Waals surface area contributed by atoms with Crippen LogP contribution in [0.2, 0.25) is 0 Å². The summed E-state index contributed by atoms with van der Waals surface area (Å²) < 4.78 is 11.2. The third kappa shape index (κ3) is 45.2. The van der Waals surface area contributed by atoms with Gasteiger partial charge in [0.1, 0.15) is 6.10 Å². The van der Waals surface area contributed by atoms with Gasteiger partial charge in [0.15, 0.2) is 0 Å². The van der Waals surface area contributed by atoms with Gasteiger partial charge in [0.05, 0.1) is 13.2 Å². The molecule has 0 aromatic carbocycles. The topological polar surface area (TPSA) is 55.8 Å². The highest BCUT2D eigenvalue weighted by Gasteiger charge is 2.13. The maximum absolute atomic E-state index is 12.2. The van der Waals surface area contributed by atoms with Gasteiger partial charge in [-0.1, -0.05) is 231 Å². The Morgan fingerprint density at radius 2 is 0.792 bits per heavy atom. The molecular weight excluding hydrogens is 653 g/mol. The monoisotopic (exact) mass is 747 g/mol. The quantitative estimate of drug-likeness (QED) is 0.0383. The minimum Gasteiger partial charge on any atom is -0.457 e. The third-order valence-corrected chi connectivity index (χ3v) is 10.8. The molecule has 0 radical (unpaired) electrons. The largest absolute Gasteiger partial charge is 0.457 e. The number of aliphatic hydroxyl groups is 1. The SMILES string of the molecule is CCCCCC/C=C\C/C=C\CCCCCCCC(=O)OC(CO)COCCCCCCCCCCCCCCCCCCCCCCCCCCC. The van der Waals surface area contributed by atoms with Crippen LogP contribution >= 0.6 is 0 Å². The second-order valence-corrected chi connectivity index (χ2v) is 16.2. The number of hydrogen-bond acceptors (Lipinski definition) is 4. The van der Waals surface area contributed by atoms with Gasteiger partial charge < -0.3 is 14.6 Å². The molecule has 0 aliphatic carbocycles. The predicted octanol–water partition coefficient (Wildman–Crippen LogP) is 15.9. The van der Waals surface area contributed by atoms with Crippen molar-refractivity contribution in [1.82, 2.24) is 0 Å². The number of unbranched alkanes of at least 4 members (excludes halogenated alkanes) is 33. The summed E-state index contributed by atoms with van der Waals surface area (Å²) in [6, 6.07) is 0. The Balaban J connectivity index is 3.36. The first-order valence-corrected chi connectivity index (χ1v) is 23.9. The van der Waals surface area contributed by atoms with Gasteiger partial charge in [-0.05, 0) is 44.9 Å². The molecular formula is C49H94O4. The molecule has 314 valence electrons. The fraction of sp³-hybridized carbons (Fsp3) is 0.898. The molecule has 4 nitrogen and oxygen atoms in total. The molecule has 53 heavy (non-hydrogen) atoms. The Morgan fingerprint density at radius 3 is 1.19 bits per heavy atom. The number of rotatable bonds is 45. The van der Waals surface area contributed by atoms with Crippen molar-refractivity contribution in [3.63, 3.8) is 0 Å². The van der Waals surface area contributed by atoms with E-state index in [4.69, 9.17) is 9.47 Å². The fourth-order valence-electron chi connectivity index (χ4n) is 7.18. The average molecular weight is 747 g/mol. The van der Waals surface area contributed by atoms with Crippen molar-refractivity contribution in [3.8, 4) is 0 Å². The molecule has 1 atom stereocenters. The minimum atomic E-state index is -0.538. The second-order valence-electron chi connectivity index (χ2n) is 16.2. The summed E-state index contributed by atoms with van der Waals surface area (Å²) in [5.41, 5.74) is 0. The smallest absolute Gasteiger partial charge is 0.306 e. The van der Waals surface area contributed by atoms with Crippen LogP contribution in [0.5, 0.6) is 0 Å². The highest BCUT2D eigenvalue weighted by Crippen LogP contribution is 2.16. The lowest BCUT2D eigenvalue weighted by Crippen LogP contribution is -2.27. The molecule has 1 N–H and O–H groups in total. The van der Waals surface area contributed by atoms with Gasteiger partial charge in [-0.2, -0.15) is 0 Å². The van der Waals surface area contributed by atoms with E-state index in [9.17, 15) is 9.90 Å². The normalized spacial score (nSPS) is 12.4. The van der Waals surface area contributed by atoms with Gasteiger partial charge in [0.2, 0.25) is 0 Å². The zero-order valence-electron chi connectivity index (χ0n) is 36.1. The Hall–Kier alpha value is -1.13. The van der Waals surface area contributed by atoms with E-state index in [1.54, 1.807) is 0 Å². The zero-order chi connectivity index (χ0) is 38.4. The molecule has 0 bridgehead atoms. The van der Waals surface area contributed by atoms with Gasteiger partial charge in [-0.25, -0.2) is 0 Å². The van der Waals surface area contributed by atoms with Crippen LogP contribution < -0.4 is 0 Å². The lowest BCUT2D eigenvalue weighted by Gasteiger charge is -2.15. The molecule has 0 saturated heterocycles. The van der Waals surface area contributed by atoms with Crippen LogP contribution in [-0.4, -0.2) is 37.0 Å². The van der Waals surface area contributed by atoms with E-state index in [1.165, 1.54) is 199 Å². The third-order valence-electron chi connectivity index (χ3n) is 10.8. The first kappa shape index (κ1) is 51.9. The summed E-state index contributed by atoms with van der Waals surface area (Å²) in [4.78, 5) is 12.2. The van der Waals surface area contributed by atoms with Crippen molar-refractivity contribution in [3.05, 3.63) is 24.3 Å². The minimum absolute atomic E-state index is 0.173. The molecule has 1 unspecified atom stereocenters.